The van der Waals surface area contributed by atoms with Crippen LogP contribution in [0.4, 0.5) is 0 Å². The number of hydrogen-bond donors (Lipinski definition) is 2. The van der Waals surface area contributed by atoms with Crippen molar-refractivity contribution in [3.63, 3.8) is 0 Å². The van der Waals surface area contributed by atoms with Crippen LogP contribution < -0.4 is 10.5 Å². The summed E-state index contributed by atoms with van der Waals surface area (Å²) in [6, 6.07) is 6.34. The third-order valence-corrected chi connectivity index (χ3v) is 4.10. The molecule has 1 amide bonds. The maximum absolute atomic E-state index is 11.6. The first kappa shape index (κ1) is 15.0. The molecule has 1 aliphatic heterocycles. The van der Waals surface area contributed by atoms with Gasteiger partial charge in [-0.15, -0.1) is 0 Å². The zero-order valence-electron chi connectivity index (χ0n) is 11.0. The highest BCUT2D eigenvalue weighted by atomic mass is 32.2. The first-order valence-electron chi connectivity index (χ1n) is 6.41. The van der Waals surface area contributed by atoms with Gasteiger partial charge in [0.2, 0.25) is 15.9 Å². The molecule has 0 unspecified atom stereocenters. The number of hydrogen-bond acceptors (Lipinski definition) is 4. The molecule has 1 saturated heterocycles. The first-order chi connectivity index (χ1) is 9.45. The number of nitrogens with one attached hydrogen (secondary N) is 1. The Balaban J connectivity index is 1.75. The van der Waals surface area contributed by atoms with E-state index in [1.807, 2.05) is 0 Å². The van der Waals surface area contributed by atoms with Gasteiger partial charge in [-0.25, -0.2) is 13.6 Å². The average Bonchev–Trinajstić information content (AvgIpc) is 2.33. The van der Waals surface area contributed by atoms with Gasteiger partial charge < -0.3 is 10.1 Å². The number of sulfonamides is 1. The van der Waals surface area contributed by atoms with Crippen molar-refractivity contribution >= 4 is 15.9 Å². The van der Waals surface area contributed by atoms with Crippen LogP contribution in [-0.4, -0.2) is 34.1 Å². The van der Waals surface area contributed by atoms with Crippen molar-refractivity contribution in [2.45, 2.75) is 17.7 Å². The topological polar surface area (TPSA) is 98.5 Å². The fourth-order valence-corrected chi connectivity index (χ4v) is 2.44. The van der Waals surface area contributed by atoms with Crippen molar-refractivity contribution in [1.29, 1.82) is 0 Å². The second-order valence-electron chi connectivity index (χ2n) is 4.90. The van der Waals surface area contributed by atoms with Crippen molar-refractivity contribution in [3.05, 3.63) is 29.8 Å². The van der Waals surface area contributed by atoms with Gasteiger partial charge in [-0.2, -0.15) is 0 Å². The quantitative estimate of drug-likeness (QED) is 0.774. The Labute approximate surface area is 118 Å². The predicted octanol–water partition coefficient (Wildman–Crippen LogP) is 0.0292. The highest BCUT2D eigenvalue weighted by Crippen LogP contribution is 2.13. The van der Waals surface area contributed by atoms with E-state index in [4.69, 9.17) is 9.88 Å². The van der Waals surface area contributed by atoms with E-state index in [0.29, 0.717) is 38.5 Å². The van der Waals surface area contributed by atoms with Crippen LogP contribution >= 0.6 is 0 Å². The third kappa shape index (κ3) is 4.29. The molecule has 1 aliphatic rings. The molecule has 7 heteroatoms. The minimum Gasteiger partial charge on any atom is -0.381 e. The van der Waals surface area contributed by atoms with E-state index in [1.165, 1.54) is 12.1 Å². The lowest BCUT2D eigenvalue weighted by atomic mass is 10.0. The first-order valence-corrected chi connectivity index (χ1v) is 7.96. The summed E-state index contributed by atoms with van der Waals surface area (Å²) in [4.78, 5) is 11.7. The van der Waals surface area contributed by atoms with Gasteiger partial charge in [0.15, 0.2) is 0 Å². The molecule has 6 nitrogen and oxygen atoms in total. The molecule has 0 bridgehead atoms. The summed E-state index contributed by atoms with van der Waals surface area (Å²) >= 11 is 0. The molecule has 1 aromatic rings. The van der Waals surface area contributed by atoms with E-state index >= 15 is 0 Å². The second-order valence-corrected chi connectivity index (χ2v) is 6.46. The summed E-state index contributed by atoms with van der Waals surface area (Å²) in [5.74, 6) is 0.378. The molecule has 0 aromatic heterocycles. The summed E-state index contributed by atoms with van der Waals surface area (Å²) in [6.07, 6.45) is 1.15. The number of primary sulfonamides is 1. The van der Waals surface area contributed by atoms with Crippen LogP contribution in [0.15, 0.2) is 29.2 Å². The average molecular weight is 298 g/mol. The van der Waals surface area contributed by atoms with E-state index < -0.39 is 10.0 Å². The SMILES string of the molecule is NS(=O)(=O)c1ccc(CCNC(=O)CC2COC2)cc1. The maximum Gasteiger partial charge on any atom is 0.238 e. The number of ether oxygens (including phenoxy) is 1. The Morgan fingerprint density at radius 2 is 1.95 bits per heavy atom. The smallest absolute Gasteiger partial charge is 0.238 e. The largest absolute Gasteiger partial charge is 0.381 e. The van der Waals surface area contributed by atoms with E-state index in [-0.39, 0.29) is 10.8 Å². The molecule has 1 heterocycles. The molecule has 1 aromatic carbocycles. The second kappa shape index (κ2) is 6.34. The Hall–Kier alpha value is -1.44. The van der Waals surface area contributed by atoms with Crippen LogP contribution in [0.5, 0.6) is 0 Å². The van der Waals surface area contributed by atoms with Gasteiger partial charge in [0.05, 0.1) is 18.1 Å². The van der Waals surface area contributed by atoms with Crippen LogP contribution in [0, 0.1) is 5.92 Å². The van der Waals surface area contributed by atoms with Gasteiger partial charge in [-0.05, 0) is 24.1 Å². The molecule has 0 saturated carbocycles. The van der Waals surface area contributed by atoms with Crippen LogP contribution in [0.25, 0.3) is 0 Å². The fraction of sp³-hybridized carbons (Fsp3) is 0.462. The van der Waals surface area contributed by atoms with E-state index in [1.54, 1.807) is 12.1 Å². The summed E-state index contributed by atoms with van der Waals surface area (Å²) in [5.41, 5.74) is 0.949. The lowest BCUT2D eigenvalue weighted by molar-refractivity contribution is -0.126. The number of carbonyl (C=O) groups excluding carboxylic acids is 1. The van der Waals surface area contributed by atoms with Gasteiger partial charge in [-0.3, -0.25) is 4.79 Å². The molecule has 0 radical (unpaired) electrons. The van der Waals surface area contributed by atoms with Crippen LogP contribution in [-0.2, 0) is 26.0 Å². The van der Waals surface area contributed by atoms with Gasteiger partial charge >= 0.3 is 0 Å². The Morgan fingerprint density at radius 3 is 2.45 bits per heavy atom. The minimum absolute atomic E-state index is 0.0273. The summed E-state index contributed by atoms with van der Waals surface area (Å²) in [6.45, 7) is 1.87. The summed E-state index contributed by atoms with van der Waals surface area (Å²) in [5, 5.41) is 7.85. The molecule has 0 aliphatic carbocycles. The summed E-state index contributed by atoms with van der Waals surface area (Å²) < 4.78 is 27.2. The highest BCUT2D eigenvalue weighted by Gasteiger charge is 2.21. The van der Waals surface area contributed by atoms with E-state index in [9.17, 15) is 13.2 Å². The Bertz CT molecular complexity index is 565. The molecule has 2 rings (SSSR count). The molecule has 0 spiro atoms. The Kier molecular flexibility index (Phi) is 4.74. The molecule has 3 N–H and O–H groups in total. The Morgan fingerprint density at radius 1 is 1.30 bits per heavy atom. The number of benzene rings is 1. The van der Waals surface area contributed by atoms with Crippen LogP contribution in [0.3, 0.4) is 0 Å². The van der Waals surface area contributed by atoms with Gasteiger partial charge in [-0.1, -0.05) is 12.1 Å². The molecule has 20 heavy (non-hydrogen) atoms. The van der Waals surface area contributed by atoms with Crippen molar-refractivity contribution in [1.82, 2.24) is 5.32 Å². The molecule has 110 valence electrons. The predicted molar refractivity (Wildman–Crippen MR) is 73.5 cm³/mol. The minimum atomic E-state index is -3.65. The van der Waals surface area contributed by atoms with Crippen LogP contribution in [0.1, 0.15) is 12.0 Å². The van der Waals surface area contributed by atoms with Crippen molar-refractivity contribution < 1.29 is 17.9 Å². The third-order valence-electron chi connectivity index (χ3n) is 3.17. The van der Waals surface area contributed by atoms with Gasteiger partial charge in [0, 0.05) is 18.9 Å². The standard InChI is InChI=1S/C13H18N2O4S/c14-20(17,18)12-3-1-10(2-4-12)5-6-15-13(16)7-11-8-19-9-11/h1-4,11H,5-9H2,(H,15,16)(H2,14,17,18). The van der Waals surface area contributed by atoms with Crippen molar-refractivity contribution in [3.8, 4) is 0 Å². The monoisotopic (exact) mass is 298 g/mol. The van der Waals surface area contributed by atoms with Crippen molar-refractivity contribution in [2.75, 3.05) is 19.8 Å². The zero-order chi connectivity index (χ0) is 14.6. The highest BCUT2D eigenvalue weighted by molar-refractivity contribution is 7.89. The molecule has 0 atom stereocenters. The molecular weight excluding hydrogens is 280 g/mol. The zero-order valence-corrected chi connectivity index (χ0v) is 11.9. The fourth-order valence-electron chi connectivity index (χ4n) is 1.93. The number of amides is 1. The molecule has 1 fully saturated rings. The van der Waals surface area contributed by atoms with E-state index in [0.717, 1.165) is 5.56 Å². The van der Waals surface area contributed by atoms with E-state index in [2.05, 4.69) is 5.32 Å². The van der Waals surface area contributed by atoms with Gasteiger partial charge in [0.1, 0.15) is 0 Å². The number of carbonyl (C=O) groups is 1. The van der Waals surface area contributed by atoms with Gasteiger partial charge in [0.25, 0.3) is 0 Å². The number of nitrogens with two attached hydrogens (primary N) is 1. The molecular formula is C13H18N2O4S. The lowest BCUT2D eigenvalue weighted by Crippen LogP contribution is -2.35. The normalized spacial score (nSPS) is 15.7. The summed E-state index contributed by atoms with van der Waals surface area (Å²) in [7, 11) is -3.65. The lowest BCUT2D eigenvalue weighted by Gasteiger charge is -2.25. The maximum atomic E-state index is 11.6. The van der Waals surface area contributed by atoms with Crippen molar-refractivity contribution in [2.24, 2.45) is 11.1 Å². The van der Waals surface area contributed by atoms with Crippen LogP contribution in [0.2, 0.25) is 0 Å². The number of rotatable bonds is 6.